The van der Waals surface area contributed by atoms with Crippen molar-refractivity contribution >= 4 is 28.8 Å². The van der Waals surface area contributed by atoms with E-state index in [1.807, 2.05) is 35.9 Å². The van der Waals surface area contributed by atoms with Crippen molar-refractivity contribution in [3.63, 3.8) is 0 Å². The van der Waals surface area contributed by atoms with Gasteiger partial charge in [-0.2, -0.15) is 0 Å². The Balaban J connectivity index is 1.80. The first-order valence-corrected chi connectivity index (χ1v) is 8.60. The number of rotatable bonds is 6. The molecule has 128 valence electrons. The van der Waals surface area contributed by atoms with E-state index in [2.05, 4.69) is 17.6 Å². The molecule has 0 radical (unpaired) electrons. The molecule has 3 rings (SSSR count). The standard InChI is InChI=1S/C20H18Cl2N2O/c1-14-3-6-20(25-12-16-4-5-17(21)10-19(16)22)18(9-14)15(2)11-24-8-7-23-13-24/h3-10,13H,2,11-12H2,1H3. The predicted molar refractivity (Wildman–Crippen MR) is 103 cm³/mol. The summed E-state index contributed by atoms with van der Waals surface area (Å²) in [5.74, 6) is 0.779. The highest BCUT2D eigenvalue weighted by Crippen LogP contribution is 2.29. The van der Waals surface area contributed by atoms with Crippen molar-refractivity contribution in [2.75, 3.05) is 0 Å². The Kier molecular flexibility index (Phi) is 5.47. The van der Waals surface area contributed by atoms with E-state index in [1.54, 1.807) is 24.7 Å². The predicted octanol–water partition coefficient (Wildman–Crippen LogP) is 5.79. The van der Waals surface area contributed by atoms with Crippen molar-refractivity contribution in [3.8, 4) is 5.75 Å². The van der Waals surface area contributed by atoms with Gasteiger partial charge in [0, 0.05) is 40.1 Å². The van der Waals surface area contributed by atoms with Crippen LogP contribution in [-0.4, -0.2) is 9.55 Å². The SMILES string of the molecule is C=C(Cn1ccnc1)c1cc(C)ccc1OCc1ccc(Cl)cc1Cl. The van der Waals surface area contributed by atoms with Gasteiger partial charge in [-0.15, -0.1) is 0 Å². The minimum atomic E-state index is 0.365. The maximum atomic E-state index is 6.23. The van der Waals surface area contributed by atoms with Crippen LogP contribution in [0.25, 0.3) is 5.57 Å². The smallest absolute Gasteiger partial charge is 0.127 e. The molecular weight excluding hydrogens is 355 g/mol. The van der Waals surface area contributed by atoms with Gasteiger partial charge in [0.2, 0.25) is 0 Å². The minimum absolute atomic E-state index is 0.365. The molecule has 0 N–H and O–H groups in total. The number of imidazole rings is 1. The zero-order valence-electron chi connectivity index (χ0n) is 13.9. The lowest BCUT2D eigenvalue weighted by Crippen LogP contribution is -2.02. The molecule has 0 saturated carbocycles. The number of nitrogens with zero attached hydrogens (tertiary/aromatic N) is 2. The molecule has 0 bridgehead atoms. The van der Waals surface area contributed by atoms with Crippen molar-refractivity contribution in [3.05, 3.63) is 88.4 Å². The zero-order valence-corrected chi connectivity index (χ0v) is 15.4. The van der Waals surface area contributed by atoms with Gasteiger partial charge in [0.15, 0.2) is 0 Å². The van der Waals surface area contributed by atoms with Crippen LogP contribution in [0, 0.1) is 6.92 Å². The van der Waals surface area contributed by atoms with Gasteiger partial charge in [-0.25, -0.2) is 4.98 Å². The van der Waals surface area contributed by atoms with E-state index in [4.69, 9.17) is 27.9 Å². The maximum Gasteiger partial charge on any atom is 0.127 e. The fourth-order valence-corrected chi connectivity index (χ4v) is 2.99. The second-order valence-corrected chi connectivity index (χ2v) is 6.71. The molecule has 0 fully saturated rings. The van der Waals surface area contributed by atoms with Crippen molar-refractivity contribution in [2.24, 2.45) is 0 Å². The molecule has 1 heterocycles. The van der Waals surface area contributed by atoms with Gasteiger partial charge < -0.3 is 9.30 Å². The van der Waals surface area contributed by atoms with Crippen LogP contribution < -0.4 is 4.74 Å². The summed E-state index contributed by atoms with van der Waals surface area (Å²) in [6, 6.07) is 11.5. The molecule has 0 amide bonds. The lowest BCUT2D eigenvalue weighted by molar-refractivity contribution is 0.305. The van der Waals surface area contributed by atoms with E-state index in [0.717, 1.165) is 28.0 Å². The molecule has 3 aromatic rings. The monoisotopic (exact) mass is 372 g/mol. The summed E-state index contributed by atoms with van der Waals surface area (Å²) >= 11 is 12.2. The number of aromatic nitrogens is 2. The summed E-state index contributed by atoms with van der Waals surface area (Å²) in [5.41, 5.74) is 3.98. The van der Waals surface area contributed by atoms with Crippen LogP contribution in [0.1, 0.15) is 16.7 Å². The average molecular weight is 373 g/mol. The Bertz CT molecular complexity index is 889. The summed E-state index contributed by atoms with van der Waals surface area (Å²) in [6.07, 6.45) is 5.44. The van der Waals surface area contributed by atoms with Gasteiger partial charge in [0.05, 0.1) is 6.33 Å². The van der Waals surface area contributed by atoms with Gasteiger partial charge in [-0.05, 0) is 36.8 Å². The summed E-state index contributed by atoms with van der Waals surface area (Å²) in [6.45, 7) is 7.28. The van der Waals surface area contributed by atoms with Crippen LogP contribution >= 0.6 is 23.2 Å². The van der Waals surface area contributed by atoms with Crippen LogP contribution in [-0.2, 0) is 13.2 Å². The molecular formula is C20H18Cl2N2O. The number of benzene rings is 2. The quantitative estimate of drug-likeness (QED) is 0.547. The first kappa shape index (κ1) is 17.6. The highest BCUT2D eigenvalue weighted by molar-refractivity contribution is 6.35. The van der Waals surface area contributed by atoms with Crippen LogP contribution in [0.2, 0.25) is 10.0 Å². The van der Waals surface area contributed by atoms with Crippen molar-refractivity contribution in [2.45, 2.75) is 20.1 Å². The summed E-state index contributed by atoms with van der Waals surface area (Å²) in [5, 5.41) is 1.21. The molecule has 0 unspecified atom stereocenters. The lowest BCUT2D eigenvalue weighted by atomic mass is 10.0. The molecule has 0 atom stereocenters. The molecule has 0 spiro atoms. The molecule has 3 nitrogen and oxygen atoms in total. The topological polar surface area (TPSA) is 27.1 Å². The molecule has 1 aromatic heterocycles. The second kappa shape index (κ2) is 7.77. The van der Waals surface area contributed by atoms with Crippen LogP contribution in [0.4, 0.5) is 0 Å². The minimum Gasteiger partial charge on any atom is -0.488 e. The number of halogens is 2. The van der Waals surface area contributed by atoms with E-state index < -0.39 is 0 Å². The van der Waals surface area contributed by atoms with Crippen molar-refractivity contribution in [1.82, 2.24) is 9.55 Å². The summed E-state index contributed by atoms with van der Waals surface area (Å²) in [4.78, 5) is 4.07. The molecule has 25 heavy (non-hydrogen) atoms. The molecule has 0 aliphatic heterocycles. The average Bonchev–Trinajstić information content (AvgIpc) is 3.08. The van der Waals surface area contributed by atoms with Crippen LogP contribution in [0.15, 0.2) is 61.7 Å². The summed E-state index contributed by atoms with van der Waals surface area (Å²) < 4.78 is 8.00. The third kappa shape index (κ3) is 4.44. The second-order valence-electron chi connectivity index (χ2n) is 5.86. The lowest BCUT2D eigenvalue weighted by Gasteiger charge is -2.15. The number of hydrogen-bond acceptors (Lipinski definition) is 2. The van der Waals surface area contributed by atoms with Crippen LogP contribution in [0.5, 0.6) is 5.75 Å². The maximum absolute atomic E-state index is 6.23. The van der Waals surface area contributed by atoms with Gasteiger partial charge in [0.1, 0.15) is 12.4 Å². The largest absolute Gasteiger partial charge is 0.488 e. The normalized spacial score (nSPS) is 10.7. The van der Waals surface area contributed by atoms with Gasteiger partial charge in [0.25, 0.3) is 0 Å². The molecule has 0 aliphatic rings. The number of allylic oxidation sites excluding steroid dienone is 1. The number of ether oxygens (including phenoxy) is 1. The van der Waals surface area contributed by atoms with E-state index in [9.17, 15) is 0 Å². The van der Waals surface area contributed by atoms with Crippen molar-refractivity contribution in [1.29, 1.82) is 0 Å². The molecule has 5 heteroatoms. The Morgan fingerprint density at radius 3 is 2.76 bits per heavy atom. The Morgan fingerprint density at radius 2 is 2.04 bits per heavy atom. The van der Waals surface area contributed by atoms with E-state index >= 15 is 0 Å². The highest BCUT2D eigenvalue weighted by Gasteiger charge is 2.10. The van der Waals surface area contributed by atoms with Crippen LogP contribution in [0.3, 0.4) is 0 Å². The first-order chi connectivity index (χ1) is 12.0. The van der Waals surface area contributed by atoms with E-state index in [0.29, 0.717) is 23.2 Å². The third-order valence-corrected chi connectivity index (χ3v) is 4.43. The van der Waals surface area contributed by atoms with Gasteiger partial charge in [-0.1, -0.05) is 47.5 Å². The van der Waals surface area contributed by atoms with Gasteiger partial charge >= 0.3 is 0 Å². The Hall–Kier alpha value is -2.23. The Morgan fingerprint density at radius 1 is 1.20 bits per heavy atom. The van der Waals surface area contributed by atoms with Crippen molar-refractivity contribution < 1.29 is 4.74 Å². The molecule has 0 aliphatic carbocycles. The zero-order chi connectivity index (χ0) is 17.8. The Labute approximate surface area is 157 Å². The fourth-order valence-electron chi connectivity index (χ4n) is 2.53. The number of aryl methyl sites for hydroxylation is 1. The summed E-state index contributed by atoms with van der Waals surface area (Å²) in [7, 11) is 0. The fraction of sp³-hybridized carbons (Fsp3) is 0.150. The van der Waals surface area contributed by atoms with Gasteiger partial charge in [-0.3, -0.25) is 0 Å². The first-order valence-electron chi connectivity index (χ1n) is 7.84. The molecule has 2 aromatic carbocycles. The highest BCUT2D eigenvalue weighted by atomic mass is 35.5. The van der Waals surface area contributed by atoms with E-state index in [1.165, 1.54) is 0 Å². The third-order valence-electron chi connectivity index (χ3n) is 3.85. The number of hydrogen-bond donors (Lipinski definition) is 0. The molecule has 0 saturated heterocycles. The van der Waals surface area contributed by atoms with E-state index in [-0.39, 0.29) is 0 Å².